The average molecular weight is 265 g/mol. The Morgan fingerprint density at radius 1 is 1.05 bits per heavy atom. The summed E-state index contributed by atoms with van der Waals surface area (Å²) in [6.45, 7) is 0.814. The number of benzene rings is 2. The molecule has 1 aromatic heterocycles. The highest BCUT2D eigenvalue weighted by molar-refractivity contribution is 5.53. The van der Waals surface area contributed by atoms with Gasteiger partial charge in [0.05, 0.1) is 5.69 Å². The number of hydrogen-bond donors (Lipinski definition) is 1. The van der Waals surface area contributed by atoms with E-state index in [2.05, 4.69) is 26.8 Å². The van der Waals surface area contributed by atoms with Gasteiger partial charge in [-0.05, 0) is 30.0 Å². The molecule has 3 rings (SSSR count). The first-order valence-corrected chi connectivity index (χ1v) is 6.46. The Bertz CT molecular complexity index is 690. The highest BCUT2D eigenvalue weighted by Crippen LogP contribution is 2.14. The van der Waals surface area contributed by atoms with E-state index >= 15 is 0 Å². The van der Waals surface area contributed by atoms with Crippen molar-refractivity contribution in [3.05, 3.63) is 60.2 Å². The average Bonchev–Trinajstić information content (AvgIpc) is 2.99. The molecule has 5 nitrogen and oxygen atoms in total. The molecule has 20 heavy (non-hydrogen) atoms. The van der Waals surface area contributed by atoms with Crippen molar-refractivity contribution in [1.82, 2.24) is 25.5 Å². The summed E-state index contributed by atoms with van der Waals surface area (Å²) < 4.78 is 0. The number of aromatic nitrogens is 4. The maximum atomic E-state index is 4.43. The summed E-state index contributed by atoms with van der Waals surface area (Å²) in [5.41, 5.74) is 3.06. The summed E-state index contributed by atoms with van der Waals surface area (Å²) in [6, 6.07) is 17.9. The molecule has 0 aliphatic rings. The Balaban J connectivity index is 1.92. The molecule has 0 amide bonds. The summed E-state index contributed by atoms with van der Waals surface area (Å²) in [7, 11) is 1.92. The lowest BCUT2D eigenvalue weighted by atomic mass is 10.2. The van der Waals surface area contributed by atoms with Gasteiger partial charge < -0.3 is 5.32 Å². The van der Waals surface area contributed by atoms with Crippen LogP contribution in [0.25, 0.3) is 17.1 Å². The van der Waals surface area contributed by atoms with E-state index in [0.717, 1.165) is 17.8 Å². The van der Waals surface area contributed by atoms with Crippen molar-refractivity contribution >= 4 is 0 Å². The summed E-state index contributed by atoms with van der Waals surface area (Å²) in [6.07, 6.45) is 0. The van der Waals surface area contributed by atoms with Crippen LogP contribution in [0.3, 0.4) is 0 Å². The zero-order chi connectivity index (χ0) is 13.8. The standard InChI is InChI=1S/C15H15N5/c1-16-11-12-6-5-9-14(10-12)20-18-15(17-19-20)13-7-3-2-4-8-13/h2-10,16H,11H2,1H3. The normalized spacial score (nSPS) is 10.7. The largest absolute Gasteiger partial charge is 0.316 e. The predicted octanol–water partition coefficient (Wildman–Crippen LogP) is 2.05. The van der Waals surface area contributed by atoms with Crippen LogP contribution in [0.2, 0.25) is 0 Å². The van der Waals surface area contributed by atoms with Crippen LogP contribution in [0.15, 0.2) is 54.6 Å². The Kier molecular flexibility index (Phi) is 3.52. The number of tetrazole rings is 1. The zero-order valence-corrected chi connectivity index (χ0v) is 11.2. The fourth-order valence-electron chi connectivity index (χ4n) is 2.02. The molecule has 3 aromatic rings. The van der Waals surface area contributed by atoms with Crippen LogP contribution >= 0.6 is 0 Å². The maximum absolute atomic E-state index is 4.43. The van der Waals surface area contributed by atoms with Crippen LogP contribution in [0.4, 0.5) is 0 Å². The van der Waals surface area contributed by atoms with Gasteiger partial charge >= 0.3 is 0 Å². The minimum Gasteiger partial charge on any atom is -0.316 e. The van der Waals surface area contributed by atoms with Crippen LogP contribution in [0.1, 0.15) is 5.56 Å². The van der Waals surface area contributed by atoms with Gasteiger partial charge in [0, 0.05) is 12.1 Å². The van der Waals surface area contributed by atoms with Crippen LogP contribution in [0.5, 0.6) is 0 Å². The lowest BCUT2D eigenvalue weighted by molar-refractivity contribution is 0.717. The molecule has 1 N–H and O–H groups in total. The molecule has 0 atom stereocenters. The Morgan fingerprint density at radius 2 is 1.90 bits per heavy atom. The van der Waals surface area contributed by atoms with Gasteiger partial charge in [0.25, 0.3) is 0 Å². The van der Waals surface area contributed by atoms with Crippen molar-refractivity contribution in [2.24, 2.45) is 0 Å². The number of nitrogens with zero attached hydrogens (tertiary/aromatic N) is 4. The summed E-state index contributed by atoms with van der Waals surface area (Å²) in [5.74, 6) is 0.629. The van der Waals surface area contributed by atoms with Gasteiger partial charge in [-0.25, -0.2) is 0 Å². The molecule has 0 radical (unpaired) electrons. The SMILES string of the molecule is CNCc1cccc(-n2nnc(-c3ccccc3)n2)c1. The Labute approximate surface area is 117 Å². The first-order chi connectivity index (χ1) is 9.86. The third-order valence-electron chi connectivity index (χ3n) is 2.97. The number of rotatable bonds is 4. The van der Waals surface area contributed by atoms with E-state index in [-0.39, 0.29) is 0 Å². The van der Waals surface area contributed by atoms with Gasteiger partial charge in [-0.3, -0.25) is 0 Å². The fraction of sp³-hybridized carbons (Fsp3) is 0.133. The molecule has 1 heterocycles. The van der Waals surface area contributed by atoms with E-state index in [0.29, 0.717) is 5.82 Å². The van der Waals surface area contributed by atoms with Gasteiger partial charge in [-0.1, -0.05) is 42.5 Å². The van der Waals surface area contributed by atoms with Crippen molar-refractivity contribution in [1.29, 1.82) is 0 Å². The second-order valence-corrected chi connectivity index (χ2v) is 4.47. The molecule has 0 aliphatic heterocycles. The summed E-state index contributed by atoms with van der Waals surface area (Å²) in [5, 5.41) is 15.8. The molecule has 0 saturated carbocycles. The third kappa shape index (κ3) is 2.57. The number of hydrogen-bond acceptors (Lipinski definition) is 4. The first kappa shape index (κ1) is 12.5. The van der Waals surface area contributed by atoms with Gasteiger partial charge in [0.2, 0.25) is 5.82 Å². The van der Waals surface area contributed by atoms with E-state index in [4.69, 9.17) is 0 Å². The quantitative estimate of drug-likeness (QED) is 0.784. The summed E-state index contributed by atoms with van der Waals surface area (Å²) in [4.78, 5) is 1.56. The van der Waals surface area contributed by atoms with Crippen molar-refractivity contribution < 1.29 is 0 Å². The van der Waals surface area contributed by atoms with E-state index in [9.17, 15) is 0 Å². The predicted molar refractivity (Wildman–Crippen MR) is 77.4 cm³/mol. The molecule has 0 bridgehead atoms. The van der Waals surface area contributed by atoms with Crippen molar-refractivity contribution in [2.75, 3.05) is 7.05 Å². The van der Waals surface area contributed by atoms with Crippen molar-refractivity contribution in [3.63, 3.8) is 0 Å². The highest BCUT2D eigenvalue weighted by atomic mass is 15.6. The first-order valence-electron chi connectivity index (χ1n) is 6.46. The molecule has 5 heteroatoms. The van der Waals surface area contributed by atoms with Crippen LogP contribution in [0, 0.1) is 0 Å². The van der Waals surface area contributed by atoms with E-state index in [1.807, 2.05) is 55.6 Å². The van der Waals surface area contributed by atoms with Crippen LogP contribution in [-0.2, 0) is 6.54 Å². The lowest BCUT2D eigenvalue weighted by Crippen LogP contribution is -2.06. The minimum atomic E-state index is 0.629. The molecule has 0 spiro atoms. The molecule has 0 unspecified atom stereocenters. The topological polar surface area (TPSA) is 55.6 Å². The van der Waals surface area contributed by atoms with Crippen LogP contribution < -0.4 is 5.32 Å². The summed E-state index contributed by atoms with van der Waals surface area (Å²) >= 11 is 0. The second-order valence-electron chi connectivity index (χ2n) is 4.47. The lowest BCUT2D eigenvalue weighted by Gasteiger charge is -2.02. The Morgan fingerprint density at radius 3 is 2.70 bits per heavy atom. The van der Waals surface area contributed by atoms with Gasteiger partial charge in [0.15, 0.2) is 0 Å². The monoisotopic (exact) mass is 265 g/mol. The minimum absolute atomic E-state index is 0.629. The van der Waals surface area contributed by atoms with Gasteiger partial charge in [0.1, 0.15) is 0 Å². The fourth-order valence-corrected chi connectivity index (χ4v) is 2.02. The second kappa shape index (κ2) is 5.63. The van der Waals surface area contributed by atoms with Gasteiger partial charge in [-0.2, -0.15) is 0 Å². The highest BCUT2D eigenvalue weighted by Gasteiger charge is 2.07. The molecular formula is C15H15N5. The van der Waals surface area contributed by atoms with E-state index in [1.54, 1.807) is 4.80 Å². The molecular weight excluding hydrogens is 250 g/mol. The van der Waals surface area contributed by atoms with Crippen molar-refractivity contribution in [3.8, 4) is 17.1 Å². The van der Waals surface area contributed by atoms with E-state index < -0.39 is 0 Å². The molecule has 0 aliphatic carbocycles. The molecule has 0 saturated heterocycles. The maximum Gasteiger partial charge on any atom is 0.205 e. The molecule has 0 fully saturated rings. The molecule has 100 valence electrons. The van der Waals surface area contributed by atoms with Gasteiger partial charge in [-0.15, -0.1) is 15.0 Å². The zero-order valence-electron chi connectivity index (χ0n) is 11.2. The Hall–Kier alpha value is -2.53. The van der Waals surface area contributed by atoms with E-state index in [1.165, 1.54) is 5.56 Å². The van der Waals surface area contributed by atoms with Crippen molar-refractivity contribution in [2.45, 2.75) is 6.54 Å². The smallest absolute Gasteiger partial charge is 0.205 e. The third-order valence-corrected chi connectivity index (χ3v) is 2.97. The van der Waals surface area contributed by atoms with Crippen LogP contribution in [-0.4, -0.2) is 27.3 Å². The molecule has 2 aromatic carbocycles. The number of nitrogens with one attached hydrogen (secondary N) is 1.